The number of carbonyl (C=O) groups excluding carboxylic acids is 1. The van der Waals surface area contributed by atoms with E-state index in [1.54, 1.807) is 26.0 Å². The highest BCUT2D eigenvalue weighted by molar-refractivity contribution is 7.89. The fourth-order valence-corrected chi connectivity index (χ4v) is 4.98. The molecule has 0 spiro atoms. The Kier molecular flexibility index (Phi) is 6.45. The molecule has 1 amide bonds. The summed E-state index contributed by atoms with van der Waals surface area (Å²) in [7, 11) is -0.852. The van der Waals surface area contributed by atoms with E-state index < -0.39 is 27.7 Å². The summed E-state index contributed by atoms with van der Waals surface area (Å²) in [6, 6.07) is 9.11. The molecule has 0 bridgehead atoms. The van der Waals surface area contributed by atoms with E-state index in [-0.39, 0.29) is 9.77 Å². The molecule has 11 heteroatoms. The van der Waals surface area contributed by atoms with E-state index in [2.05, 4.69) is 10.3 Å². The maximum Gasteiger partial charge on any atom is 0.416 e. The van der Waals surface area contributed by atoms with Gasteiger partial charge >= 0.3 is 6.18 Å². The number of hydrogen-bond acceptors (Lipinski definition) is 5. The Morgan fingerprint density at radius 3 is 2.25 bits per heavy atom. The van der Waals surface area contributed by atoms with Crippen LogP contribution in [-0.2, 0) is 16.2 Å². The molecule has 0 aliphatic rings. The number of sulfonamides is 1. The maximum atomic E-state index is 12.8. The molecule has 6 nitrogen and oxygen atoms in total. The Labute approximate surface area is 187 Å². The third-order valence-electron chi connectivity index (χ3n) is 4.67. The summed E-state index contributed by atoms with van der Waals surface area (Å²) in [5, 5.41) is 3.08. The van der Waals surface area contributed by atoms with Crippen molar-refractivity contribution in [1.82, 2.24) is 9.29 Å². The Morgan fingerprint density at radius 1 is 1.06 bits per heavy atom. The van der Waals surface area contributed by atoms with Crippen molar-refractivity contribution in [3.05, 3.63) is 64.2 Å². The van der Waals surface area contributed by atoms with Gasteiger partial charge in [0, 0.05) is 25.3 Å². The number of aryl methyl sites for hydroxylation is 2. The lowest BCUT2D eigenvalue weighted by atomic mass is 10.1. The zero-order valence-electron chi connectivity index (χ0n) is 17.6. The van der Waals surface area contributed by atoms with Gasteiger partial charge in [-0.3, -0.25) is 4.79 Å². The molecule has 0 aliphatic heterocycles. The van der Waals surface area contributed by atoms with Gasteiger partial charge in [0.1, 0.15) is 9.88 Å². The molecule has 1 aromatic heterocycles. The predicted molar refractivity (Wildman–Crippen MR) is 117 cm³/mol. The summed E-state index contributed by atoms with van der Waals surface area (Å²) < 4.78 is 64.4. The summed E-state index contributed by atoms with van der Waals surface area (Å²) >= 11 is 1.04. The molecule has 1 N–H and O–H groups in total. The molecule has 0 atom stereocenters. The Morgan fingerprint density at radius 2 is 1.69 bits per heavy atom. The van der Waals surface area contributed by atoms with Gasteiger partial charge in [-0.15, -0.1) is 11.3 Å². The zero-order valence-corrected chi connectivity index (χ0v) is 19.2. The first-order chi connectivity index (χ1) is 14.8. The number of amides is 1. The molecule has 0 radical (unpaired) electrons. The predicted octanol–water partition coefficient (Wildman–Crippen LogP) is 4.95. The highest BCUT2D eigenvalue weighted by atomic mass is 32.2. The second-order valence-electron chi connectivity index (χ2n) is 7.23. The number of halogens is 3. The van der Waals surface area contributed by atoms with Crippen LogP contribution in [0.15, 0.2) is 47.4 Å². The molecule has 32 heavy (non-hydrogen) atoms. The minimum absolute atomic E-state index is 0.0757. The number of carbonyl (C=O) groups is 1. The monoisotopic (exact) mass is 483 g/mol. The van der Waals surface area contributed by atoms with E-state index in [1.165, 1.54) is 32.3 Å². The van der Waals surface area contributed by atoms with Gasteiger partial charge < -0.3 is 5.32 Å². The average Bonchev–Trinajstić information content (AvgIpc) is 3.10. The molecule has 0 saturated carbocycles. The lowest BCUT2D eigenvalue weighted by molar-refractivity contribution is -0.137. The van der Waals surface area contributed by atoms with E-state index in [0.717, 1.165) is 27.8 Å². The molecular weight excluding hydrogens is 463 g/mol. The first-order valence-corrected chi connectivity index (χ1v) is 11.6. The van der Waals surface area contributed by atoms with Crippen LogP contribution in [0.3, 0.4) is 0 Å². The number of nitrogens with zero attached hydrogens (tertiary/aromatic N) is 2. The van der Waals surface area contributed by atoms with Crippen LogP contribution >= 0.6 is 11.3 Å². The summed E-state index contributed by atoms with van der Waals surface area (Å²) in [6.07, 6.45) is -4.44. The lowest BCUT2D eigenvalue weighted by Gasteiger charge is -2.15. The minimum Gasteiger partial charge on any atom is -0.321 e. The van der Waals surface area contributed by atoms with Gasteiger partial charge in [-0.25, -0.2) is 17.7 Å². The van der Waals surface area contributed by atoms with Crippen LogP contribution in [0.25, 0.3) is 10.6 Å². The summed E-state index contributed by atoms with van der Waals surface area (Å²) in [6.45, 7) is 3.28. The van der Waals surface area contributed by atoms with E-state index in [1.807, 2.05) is 0 Å². The molecule has 0 saturated heterocycles. The Hall–Kier alpha value is -2.76. The Balaban J connectivity index is 1.87. The molecule has 0 aliphatic carbocycles. The van der Waals surface area contributed by atoms with Gasteiger partial charge in [-0.1, -0.05) is 18.2 Å². The topological polar surface area (TPSA) is 79.4 Å². The highest BCUT2D eigenvalue weighted by Crippen LogP contribution is 2.33. The number of rotatable bonds is 5. The number of alkyl halides is 3. The van der Waals surface area contributed by atoms with Crippen molar-refractivity contribution >= 4 is 33.0 Å². The van der Waals surface area contributed by atoms with Crippen molar-refractivity contribution < 1.29 is 26.4 Å². The number of aromatic nitrogens is 1. The fraction of sp³-hybridized carbons (Fsp3) is 0.238. The number of hydrogen-bond donors (Lipinski definition) is 1. The van der Waals surface area contributed by atoms with Crippen LogP contribution in [-0.4, -0.2) is 37.7 Å². The number of thiazole rings is 1. The SMILES string of the molecule is Cc1ccc(NC(=O)c2sc(-c3ccc(C(F)(F)F)cc3)nc2C)cc1S(=O)(=O)N(C)C. The van der Waals surface area contributed by atoms with Crippen LogP contribution in [0.4, 0.5) is 18.9 Å². The van der Waals surface area contributed by atoms with Crippen molar-refractivity contribution in [2.24, 2.45) is 0 Å². The van der Waals surface area contributed by atoms with Gasteiger partial charge in [0.05, 0.1) is 16.2 Å². The molecule has 0 fully saturated rings. The fourth-order valence-electron chi connectivity index (χ4n) is 2.87. The number of anilines is 1. The first-order valence-electron chi connectivity index (χ1n) is 9.30. The molecule has 3 rings (SSSR count). The van der Waals surface area contributed by atoms with Gasteiger partial charge in [-0.05, 0) is 43.7 Å². The molecule has 3 aromatic rings. The van der Waals surface area contributed by atoms with Crippen LogP contribution < -0.4 is 5.32 Å². The van der Waals surface area contributed by atoms with Crippen LogP contribution in [0.2, 0.25) is 0 Å². The molecular formula is C21H20F3N3O3S2. The van der Waals surface area contributed by atoms with Gasteiger partial charge in [0.15, 0.2) is 0 Å². The lowest BCUT2D eigenvalue weighted by Crippen LogP contribution is -2.23. The smallest absolute Gasteiger partial charge is 0.321 e. The maximum absolute atomic E-state index is 12.8. The second kappa shape index (κ2) is 8.64. The normalized spacial score (nSPS) is 12.2. The van der Waals surface area contributed by atoms with Gasteiger partial charge in [-0.2, -0.15) is 13.2 Å². The van der Waals surface area contributed by atoms with E-state index >= 15 is 0 Å². The second-order valence-corrected chi connectivity index (χ2v) is 10.3. The molecule has 0 unspecified atom stereocenters. The summed E-state index contributed by atoms with van der Waals surface area (Å²) in [5.74, 6) is -0.491. The zero-order chi connectivity index (χ0) is 23.8. The standard InChI is InChI=1S/C21H20F3N3O3S2/c1-12-5-10-16(11-17(12)32(29,30)27(3)4)26-19(28)18-13(2)25-20(31-18)14-6-8-15(9-7-14)21(22,23)24/h5-11H,1-4H3,(H,26,28). The molecule has 170 valence electrons. The Bertz CT molecular complexity index is 1270. The summed E-state index contributed by atoms with van der Waals surface area (Å²) in [5.41, 5.74) is 0.936. The van der Waals surface area contributed by atoms with Crippen molar-refractivity contribution in [1.29, 1.82) is 0 Å². The van der Waals surface area contributed by atoms with Gasteiger partial charge in [0.2, 0.25) is 10.0 Å². The van der Waals surface area contributed by atoms with E-state index in [0.29, 0.717) is 27.5 Å². The number of benzene rings is 2. The van der Waals surface area contributed by atoms with E-state index in [9.17, 15) is 26.4 Å². The van der Waals surface area contributed by atoms with Crippen molar-refractivity contribution in [2.75, 3.05) is 19.4 Å². The quantitative estimate of drug-likeness (QED) is 0.557. The van der Waals surface area contributed by atoms with Crippen LogP contribution in [0.1, 0.15) is 26.5 Å². The van der Waals surface area contributed by atoms with Crippen molar-refractivity contribution in [3.63, 3.8) is 0 Å². The molecule has 1 heterocycles. The third kappa shape index (κ3) is 4.84. The highest BCUT2D eigenvalue weighted by Gasteiger charge is 2.30. The summed E-state index contributed by atoms with van der Waals surface area (Å²) in [4.78, 5) is 17.5. The largest absolute Gasteiger partial charge is 0.416 e. The number of nitrogens with one attached hydrogen (secondary N) is 1. The average molecular weight is 484 g/mol. The van der Waals surface area contributed by atoms with Crippen LogP contribution in [0.5, 0.6) is 0 Å². The van der Waals surface area contributed by atoms with E-state index in [4.69, 9.17) is 0 Å². The van der Waals surface area contributed by atoms with Crippen molar-refractivity contribution in [3.8, 4) is 10.6 Å². The van der Waals surface area contributed by atoms with Crippen LogP contribution in [0, 0.1) is 13.8 Å². The first kappa shape index (κ1) is 23.9. The third-order valence-corrected chi connectivity index (χ3v) is 7.83. The van der Waals surface area contributed by atoms with Gasteiger partial charge in [0.25, 0.3) is 5.91 Å². The molecule has 2 aromatic carbocycles. The van der Waals surface area contributed by atoms with Crippen molar-refractivity contribution in [2.45, 2.75) is 24.9 Å². The minimum atomic E-state index is -4.44.